The highest BCUT2D eigenvalue weighted by molar-refractivity contribution is 7.91. The second-order valence-electron chi connectivity index (χ2n) is 9.79. The van der Waals surface area contributed by atoms with E-state index in [9.17, 15) is 17.6 Å². The van der Waals surface area contributed by atoms with Crippen LogP contribution in [0.1, 0.15) is 30.7 Å². The van der Waals surface area contributed by atoms with Gasteiger partial charge in [-0.15, -0.1) is 0 Å². The molecular formula is C25H26ClFN4O3S. The molecule has 1 aromatic heterocycles. The van der Waals surface area contributed by atoms with Gasteiger partial charge in [0.15, 0.2) is 9.84 Å². The fourth-order valence-electron chi connectivity index (χ4n) is 5.47. The number of nitrogens with zero attached hydrogens (tertiary/aromatic N) is 4. The largest absolute Gasteiger partial charge is 0.326 e. The molecule has 1 saturated carbocycles. The molecule has 2 aromatic carbocycles. The molecule has 2 fully saturated rings. The number of hydrogen-bond donors (Lipinski definition) is 0. The summed E-state index contributed by atoms with van der Waals surface area (Å²) in [4.78, 5) is 22.1. The number of fused-ring (bicyclic) bond motifs is 3. The molecule has 2 aliphatic heterocycles. The van der Waals surface area contributed by atoms with E-state index in [4.69, 9.17) is 16.6 Å². The number of carbonyl (C=O) groups excluding carboxylic acids is 1. The van der Waals surface area contributed by atoms with Gasteiger partial charge in [-0.3, -0.25) is 4.79 Å². The van der Waals surface area contributed by atoms with Crippen molar-refractivity contribution in [3.05, 3.63) is 58.6 Å². The number of amides is 1. The van der Waals surface area contributed by atoms with E-state index in [1.54, 1.807) is 11.0 Å². The first-order valence-corrected chi connectivity index (χ1v) is 14.2. The molecule has 1 saturated heterocycles. The molecule has 7 nitrogen and oxygen atoms in total. The lowest BCUT2D eigenvalue weighted by Gasteiger charge is -2.26. The predicted octanol–water partition coefficient (Wildman–Crippen LogP) is 3.53. The molecule has 0 radical (unpaired) electrons. The highest BCUT2D eigenvalue weighted by atomic mass is 35.5. The number of carbonyl (C=O) groups is 1. The minimum atomic E-state index is -2.91. The van der Waals surface area contributed by atoms with Crippen LogP contribution in [0, 0.1) is 5.82 Å². The Morgan fingerprint density at radius 1 is 1.06 bits per heavy atom. The number of sulfone groups is 1. The summed E-state index contributed by atoms with van der Waals surface area (Å²) in [6.07, 6.45) is 2.39. The minimum absolute atomic E-state index is 0.0178. The lowest BCUT2D eigenvalue weighted by Crippen LogP contribution is -2.40. The Balaban J connectivity index is 1.27. The van der Waals surface area contributed by atoms with Crippen molar-refractivity contribution >= 4 is 44.1 Å². The molecule has 184 valence electrons. The molecule has 0 atom stereocenters. The maximum absolute atomic E-state index is 14.1. The van der Waals surface area contributed by atoms with E-state index in [0.29, 0.717) is 30.3 Å². The van der Waals surface area contributed by atoms with Crippen LogP contribution in [0.5, 0.6) is 0 Å². The number of benzene rings is 2. The molecule has 35 heavy (non-hydrogen) atoms. The first-order chi connectivity index (χ1) is 16.8. The Bertz CT molecular complexity index is 1440. The van der Waals surface area contributed by atoms with E-state index in [0.717, 1.165) is 48.2 Å². The van der Waals surface area contributed by atoms with Crippen molar-refractivity contribution in [1.82, 2.24) is 14.5 Å². The van der Waals surface area contributed by atoms with Crippen LogP contribution in [0.25, 0.3) is 11.0 Å². The summed E-state index contributed by atoms with van der Waals surface area (Å²) in [7, 11) is -2.91. The maximum Gasteiger partial charge on any atom is 0.238 e. The van der Waals surface area contributed by atoms with Gasteiger partial charge in [-0.1, -0.05) is 17.7 Å². The van der Waals surface area contributed by atoms with Gasteiger partial charge in [0.1, 0.15) is 11.6 Å². The van der Waals surface area contributed by atoms with Crippen LogP contribution in [-0.2, 0) is 33.1 Å². The summed E-state index contributed by atoms with van der Waals surface area (Å²) in [5.74, 6) is 0.802. The van der Waals surface area contributed by atoms with Crippen LogP contribution in [0.2, 0.25) is 5.02 Å². The molecule has 10 heteroatoms. The molecule has 1 aliphatic carbocycles. The maximum atomic E-state index is 14.1. The number of anilines is 1. The van der Waals surface area contributed by atoms with E-state index in [1.807, 2.05) is 18.2 Å². The molecule has 3 heterocycles. The molecule has 0 unspecified atom stereocenters. The SMILES string of the molecule is O=C1N(Cc2nc3cc(Cl)ccc3n2CCCN2CCS(=O)(=O)CC2)c2cc(F)ccc2C12CC2. The standard InChI is InChI=1S/C25H26ClFN4O3S/c26-17-2-5-21-20(14-17)28-23(30(21)9-1-8-29-10-12-35(33,34)13-11-29)16-31-22-15-18(27)3-4-19(22)25(6-7-25)24(31)32/h2-5,14-15H,1,6-13,16H2. The van der Waals surface area contributed by atoms with Crippen LogP contribution in [0.4, 0.5) is 10.1 Å². The fourth-order valence-corrected chi connectivity index (χ4v) is 6.91. The third-order valence-corrected chi connectivity index (χ3v) is 9.40. The Labute approximate surface area is 208 Å². The quantitative estimate of drug-likeness (QED) is 0.501. The molecule has 0 N–H and O–H groups in total. The van der Waals surface area contributed by atoms with Crippen molar-refractivity contribution in [3.63, 3.8) is 0 Å². The number of imidazole rings is 1. The monoisotopic (exact) mass is 516 g/mol. The molecule has 6 rings (SSSR count). The van der Waals surface area contributed by atoms with E-state index in [1.165, 1.54) is 12.1 Å². The van der Waals surface area contributed by atoms with Gasteiger partial charge in [0.05, 0.1) is 40.2 Å². The average molecular weight is 517 g/mol. The van der Waals surface area contributed by atoms with Crippen LogP contribution >= 0.6 is 11.6 Å². The van der Waals surface area contributed by atoms with Gasteiger partial charge >= 0.3 is 0 Å². The van der Waals surface area contributed by atoms with Gasteiger partial charge < -0.3 is 14.4 Å². The van der Waals surface area contributed by atoms with Crippen molar-refractivity contribution in [3.8, 4) is 0 Å². The van der Waals surface area contributed by atoms with E-state index in [-0.39, 0.29) is 29.8 Å². The lowest BCUT2D eigenvalue weighted by atomic mass is 9.98. The van der Waals surface area contributed by atoms with Crippen LogP contribution < -0.4 is 4.90 Å². The molecular weight excluding hydrogens is 491 g/mol. The zero-order chi connectivity index (χ0) is 24.4. The summed E-state index contributed by atoms with van der Waals surface area (Å²) in [6.45, 7) is 2.82. The third-order valence-electron chi connectivity index (χ3n) is 7.55. The second kappa shape index (κ2) is 8.28. The van der Waals surface area contributed by atoms with E-state index < -0.39 is 15.3 Å². The zero-order valence-corrected chi connectivity index (χ0v) is 20.8. The minimum Gasteiger partial charge on any atom is -0.326 e. The van der Waals surface area contributed by atoms with Crippen LogP contribution in [0.15, 0.2) is 36.4 Å². The summed E-state index contributed by atoms with van der Waals surface area (Å²) >= 11 is 6.22. The smallest absolute Gasteiger partial charge is 0.238 e. The fraction of sp³-hybridized carbons (Fsp3) is 0.440. The van der Waals surface area contributed by atoms with Gasteiger partial charge in [0.25, 0.3) is 0 Å². The molecule has 1 spiro atoms. The normalized spacial score (nSPS) is 20.6. The van der Waals surface area contributed by atoms with Gasteiger partial charge in [0, 0.05) is 24.7 Å². The number of rotatable bonds is 6. The van der Waals surface area contributed by atoms with E-state index in [2.05, 4.69) is 9.47 Å². The summed E-state index contributed by atoms with van der Waals surface area (Å²) in [5, 5.41) is 0.588. The van der Waals surface area contributed by atoms with Crippen LogP contribution in [0.3, 0.4) is 0 Å². The van der Waals surface area contributed by atoms with Crippen molar-refractivity contribution < 1.29 is 17.6 Å². The second-order valence-corrected chi connectivity index (χ2v) is 12.5. The number of halogens is 2. The Morgan fingerprint density at radius 3 is 2.57 bits per heavy atom. The predicted molar refractivity (Wildman–Crippen MR) is 133 cm³/mol. The highest BCUT2D eigenvalue weighted by Crippen LogP contribution is 2.57. The Hall–Kier alpha value is -2.49. The highest BCUT2D eigenvalue weighted by Gasteiger charge is 2.59. The number of aromatic nitrogens is 2. The summed E-state index contributed by atoms with van der Waals surface area (Å²) in [6, 6.07) is 10.2. The van der Waals surface area contributed by atoms with Gasteiger partial charge in [-0.2, -0.15) is 0 Å². The van der Waals surface area contributed by atoms with Gasteiger partial charge in [-0.05, 0) is 61.7 Å². The molecule has 3 aliphatic rings. The Kier molecular flexibility index (Phi) is 5.43. The lowest BCUT2D eigenvalue weighted by molar-refractivity contribution is -0.120. The topological polar surface area (TPSA) is 75.5 Å². The average Bonchev–Trinajstić information content (AvgIpc) is 3.51. The van der Waals surface area contributed by atoms with Gasteiger partial charge in [0.2, 0.25) is 5.91 Å². The van der Waals surface area contributed by atoms with E-state index >= 15 is 0 Å². The third kappa shape index (κ3) is 4.03. The number of hydrogen-bond acceptors (Lipinski definition) is 5. The van der Waals surface area contributed by atoms with Crippen LogP contribution in [-0.4, -0.2) is 59.9 Å². The first kappa shape index (κ1) is 22.9. The summed E-state index contributed by atoms with van der Waals surface area (Å²) < 4.78 is 39.7. The van der Waals surface area contributed by atoms with Crippen molar-refractivity contribution in [2.75, 3.05) is 36.0 Å². The molecule has 3 aromatic rings. The number of aryl methyl sites for hydroxylation is 1. The Morgan fingerprint density at radius 2 is 1.83 bits per heavy atom. The van der Waals surface area contributed by atoms with Gasteiger partial charge in [-0.25, -0.2) is 17.8 Å². The summed E-state index contributed by atoms with van der Waals surface area (Å²) in [5.41, 5.74) is 2.73. The first-order valence-electron chi connectivity index (χ1n) is 12.0. The molecule has 0 bridgehead atoms. The van der Waals surface area contributed by atoms with Crippen molar-refractivity contribution in [2.45, 2.75) is 37.8 Å². The van der Waals surface area contributed by atoms with Crippen molar-refractivity contribution in [1.29, 1.82) is 0 Å². The molecule has 1 amide bonds. The zero-order valence-electron chi connectivity index (χ0n) is 19.2. The van der Waals surface area contributed by atoms with Crippen molar-refractivity contribution in [2.24, 2.45) is 0 Å².